The Morgan fingerprint density at radius 3 is 2.35 bits per heavy atom. The van der Waals surface area contributed by atoms with E-state index in [0.717, 1.165) is 27.2 Å². The highest BCUT2D eigenvalue weighted by atomic mass is 32.2. The summed E-state index contributed by atoms with van der Waals surface area (Å²) in [7, 11) is -1.15. The van der Waals surface area contributed by atoms with Gasteiger partial charge in [-0.1, -0.05) is 44.7 Å². The average molecular weight is 549 g/mol. The molecule has 0 aliphatic carbocycles. The lowest BCUT2D eigenvalue weighted by atomic mass is 9.86. The predicted molar refractivity (Wildman–Crippen MR) is 147 cm³/mol. The molecule has 0 amide bonds. The largest absolute Gasteiger partial charge is 0.511 e. The summed E-state index contributed by atoms with van der Waals surface area (Å²) < 4.78 is 36.8. The number of nitrogen functional groups attached to an aromatic ring is 1. The van der Waals surface area contributed by atoms with Crippen LogP contribution in [0.2, 0.25) is 0 Å². The Kier molecular flexibility index (Phi) is 8.26. The van der Waals surface area contributed by atoms with E-state index < -0.39 is 27.3 Å². The highest BCUT2D eigenvalue weighted by molar-refractivity contribution is 8.04. The molecule has 1 aliphatic rings. The third-order valence-corrected chi connectivity index (χ3v) is 8.64. The molecule has 0 radical (unpaired) electrons. The Morgan fingerprint density at radius 2 is 1.81 bits per heavy atom. The number of nitrogens with zero attached hydrogens (tertiary/aromatic N) is 1. The lowest BCUT2D eigenvalue weighted by molar-refractivity contribution is -0.156. The fourth-order valence-corrected chi connectivity index (χ4v) is 5.71. The molecule has 0 saturated heterocycles. The van der Waals surface area contributed by atoms with Crippen LogP contribution in [0.5, 0.6) is 5.75 Å². The van der Waals surface area contributed by atoms with E-state index in [1.807, 2.05) is 52.0 Å². The fraction of sp³-hybridized carbons (Fsp3) is 0.444. The van der Waals surface area contributed by atoms with E-state index >= 15 is 0 Å². The number of hydrogen-bond acceptors (Lipinski definition) is 8. The molecule has 8 nitrogen and oxygen atoms in total. The Bertz CT molecular complexity index is 1310. The Hall–Kier alpha value is -2.69. The van der Waals surface area contributed by atoms with E-state index in [1.54, 1.807) is 19.1 Å². The molecule has 3 rings (SSSR count). The summed E-state index contributed by atoms with van der Waals surface area (Å²) in [6.45, 7) is 9.50. The summed E-state index contributed by atoms with van der Waals surface area (Å²) in [5, 5.41) is 10.9. The number of cyclic esters (lactones) is 1. The molecule has 1 heterocycles. The van der Waals surface area contributed by atoms with Crippen molar-refractivity contribution in [2.45, 2.75) is 69.8 Å². The zero-order valence-electron chi connectivity index (χ0n) is 22.4. The van der Waals surface area contributed by atoms with Gasteiger partial charge in [-0.05, 0) is 73.1 Å². The number of ether oxygens (including phenoxy) is 1. The van der Waals surface area contributed by atoms with Crippen LogP contribution in [-0.2, 0) is 31.7 Å². The third kappa shape index (κ3) is 7.00. The number of benzene rings is 2. The molecule has 37 heavy (non-hydrogen) atoms. The number of nitrogens with two attached hydrogens (primary N) is 1. The summed E-state index contributed by atoms with van der Waals surface area (Å²) in [5.74, 6) is -0.390. The molecule has 10 heteroatoms. The summed E-state index contributed by atoms with van der Waals surface area (Å²) in [4.78, 5) is 13.9. The zero-order valence-corrected chi connectivity index (χ0v) is 24.0. The van der Waals surface area contributed by atoms with Crippen molar-refractivity contribution in [2.24, 2.45) is 0 Å². The van der Waals surface area contributed by atoms with Crippen molar-refractivity contribution >= 4 is 33.7 Å². The lowest BCUT2D eigenvalue weighted by Gasteiger charge is -2.34. The first-order valence-corrected chi connectivity index (χ1v) is 14.1. The van der Waals surface area contributed by atoms with Gasteiger partial charge in [-0.3, -0.25) is 0 Å². The molecule has 0 bridgehead atoms. The lowest BCUT2D eigenvalue weighted by Crippen LogP contribution is -2.37. The summed E-state index contributed by atoms with van der Waals surface area (Å²) >= 11 is 1.12. The Balaban J connectivity index is 1.88. The number of carbonyl (C=O) groups excluding carboxylic acids is 1. The first-order valence-electron chi connectivity index (χ1n) is 12.0. The summed E-state index contributed by atoms with van der Waals surface area (Å²) in [5.41, 5.74) is 7.62. The quantitative estimate of drug-likeness (QED) is 0.339. The molecule has 1 unspecified atom stereocenters. The van der Waals surface area contributed by atoms with Crippen molar-refractivity contribution in [1.29, 1.82) is 0 Å². The van der Waals surface area contributed by atoms with Crippen molar-refractivity contribution in [2.75, 3.05) is 19.8 Å². The van der Waals surface area contributed by atoms with Gasteiger partial charge in [-0.15, -0.1) is 0 Å². The molecular formula is C27H36N2O6S2. The van der Waals surface area contributed by atoms with Crippen LogP contribution >= 0.6 is 11.8 Å². The van der Waals surface area contributed by atoms with Gasteiger partial charge in [0.15, 0.2) is 0 Å². The maximum absolute atomic E-state index is 13.1. The van der Waals surface area contributed by atoms with Crippen LogP contribution in [-0.4, -0.2) is 43.5 Å². The number of hydrogen-bond donors (Lipinski definition) is 2. The number of carbonyl (C=O) groups is 1. The van der Waals surface area contributed by atoms with Gasteiger partial charge >= 0.3 is 16.3 Å². The number of rotatable bonds is 8. The summed E-state index contributed by atoms with van der Waals surface area (Å²) in [6.07, 6.45) is 1.41. The first kappa shape index (κ1) is 28.9. The summed E-state index contributed by atoms with van der Waals surface area (Å²) in [6, 6.07) is 11.0. The number of anilines is 1. The second-order valence-electron chi connectivity index (χ2n) is 10.8. The van der Waals surface area contributed by atoms with Gasteiger partial charge in [0.05, 0.1) is 0 Å². The van der Waals surface area contributed by atoms with Gasteiger partial charge in [0.1, 0.15) is 22.0 Å². The fourth-order valence-electron chi connectivity index (χ4n) is 3.91. The van der Waals surface area contributed by atoms with Crippen LogP contribution in [0.4, 0.5) is 5.69 Å². The van der Waals surface area contributed by atoms with Gasteiger partial charge in [-0.2, -0.15) is 12.7 Å². The molecule has 2 aromatic rings. The molecule has 3 N–H and O–H groups in total. The zero-order chi connectivity index (χ0) is 27.8. The van der Waals surface area contributed by atoms with E-state index in [0.29, 0.717) is 29.0 Å². The van der Waals surface area contributed by atoms with Crippen LogP contribution in [0.25, 0.3) is 0 Å². The average Bonchev–Trinajstić information content (AvgIpc) is 2.76. The maximum atomic E-state index is 13.1. The standard InChI is InChI=1S/C27H36N2O6S2/c1-17-14-23(20(26(2,3)4)15-22(17)35-37(32,33)29(6)7)36-24-21(30)16-27(5,34-25(24)31)13-12-18-8-10-19(28)11-9-18/h8-11,14-15,30H,12-13,16,28H2,1-7H3. The van der Waals surface area contributed by atoms with Crippen molar-refractivity contribution in [3.63, 3.8) is 0 Å². The van der Waals surface area contributed by atoms with Crippen molar-refractivity contribution in [1.82, 2.24) is 4.31 Å². The van der Waals surface area contributed by atoms with E-state index in [4.69, 9.17) is 14.7 Å². The van der Waals surface area contributed by atoms with Crippen molar-refractivity contribution < 1.29 is 27.2 Å². The van der Waals surface area contributed by atoms with Gasteiger partial charge in [0, 0.05) is 31.1 Å². The van der Waals surface area contributed by atoms with Crippen LogP contribution in [0, 0.1) is 6.92 Å². The van der Waals surface area contributed by atoms with E-state index in [2.05, 4.69) is 0 Å². The minimum atomic E-state index is -3.94. The van der Waals surface area contributed by atoms with Crippen molar-refractivity contribution in [3.8, 4) is 5.75 Å². The highest BCUT2D eigenvalue weighted by Crippen LogP contribution is 2.44. The Morgan fingerprint density at radius 1 is 1.19 bits per heavy atom. The second-order valence-corrected chi connectivity index (χ2v) is 13.6. The molecule has 2 aromatic carbocycles. The molecule has 202 valence electrons. The maximum Gasteiger partial charge on any atom is 0.384 e. The first-order chi connectivity index (χ1) is 17.0. The number of aryl methyl sites for hydroxylation is 2. The van der Waals surface area contributed by atoms with Crippen LogP contribution in [0.1, 0.15) is 57.2 Å². The minimum absolute atomic E-state index is 0.0194. The van der Waals surface area contributed by atoms with Gasteiger partial charge in [0.25, 0.3) is 0 Å². The Labute approximate surface area is 224 Å². The number of esters is 1. The van der Waals surface area contributed by atoms with E-state index in [1.165, 1.54) is 14.1 Å². The van der Waals surface area contributed by atoms with Crippen LogP contribution in [0.3, 0.4) is 0 Å². The predicted octanol–water partition coefficient (Wildman–Crippen LogP) is 5.26. The second kappa shape index (κ2) is 10.6. The monoisotopic (exact) mass is 548 g/mol. The number of aliphatic hydroxyl groups excluding tert-OH is 1. The number of aliphatic hydroxyl groups is 1. The van der Waals surface area contributed by atoms with Crippen molar-refractivity contribution in [3.05, 3.63) is 63.8 Å². The molecule has 0 spiro atoms. The molecular weight excluding hydrogens is 512 g/mol. The third-order valence-electron chi connectivity index (χ3n) is 6.19. The molecule has 1 aliphatic heterocycles. The molecule has 1 atom stereocenters. The smallest absolute Gasteiger partial charge is 0.384 e. The molecule has 0 fully saturated rings. The number of thioether (sulfide) groups is 1. The normalized spacial score (nSPS) is 18.8. The highest BCUT2D eigenvalue weighted by Gasteiger charge is 2.39. The SMILES string of the molecule is Cc1cc(SC2=C(O)CC(C)(CCc3ccc(N)cc3)OC2=O)c(C(C)(C)C)cc1OS(=O)(=O)N(C)C. The van der Waals surface area contributed by atoms with E-state index in [9.17, 15) is 18.3 Å². The topological polar surface area (TPSA) is 119 Å². The van der Waals surface area contributed by atoms with Gasteiger partial charge < -0.3 is 19.8 Å². The van der Waals surface area contributed by atoms with Gasteiger partial charge in [-0.25, -0.2) is 4.79 Å². The minimum Gasteiger partial charge on any atom is -0.511 e. The van der Waals surface area contributed by atoms with Crippen LogP contribution in [0.15, 0.2) is 52.0 Å². The molecule has 0 saturated carbocycles. The van der Waals surface area contributed by atoms with Crippen LogP contribution < -0.4 is 9.92 Å². The molecule has 0 aromatic heterocycles. The van der Waals surface area contributed by atoms with Gasteiger partial charge in [0.2, 0.25) is 0 Å². The van der Waals surface area contributed by atoms with E-state index in [-0.39, 0.29) is 22.8 Å².